The molecule has 3 rings (SSSR count). The summed E-state index contributed by atoms with van der Waals surface area (Å²) in [4.78, 5) is 0. The summed E-state index contributed by atoms with van der Waals surface area (Å²) in [6.45, 7) is 0. The fourth-order valence-electron chi connectivity index (χ4n) is 2.29. The molecule has 0 spiro atoms. The summed E-state index contributed by atoms with van der Waals surface area (Å²) >= 11 is 0. The molecule has 0 amide bonds. The highest BCUT2D eigenvalue weighted by Crippen LogP contribution is 2.30. The highest BCUT2D eigenvalue weighted by atomic mass is 15.1. The molecule has 2 N–H and O–H groups in total. The van der Waals surface area contributed by atoms with Crippen LogP contribution in [0.4, 0.5) is 5.82 Å². The van der Waals surface area contributed by atoms with Gasteiger partial charge in [0, 0.05) is 5.69 Å². The summed E-state index contributed by atoms with van der Waals surface area (Å²) in [6, 6.07) is 23.7. The Kier molecular flexibility index (Phi) is 2.98. The van der Waals surface area contributed by atoms with Crippen LogP contribution in [0.2, 0.25) is 0 Å². The third kappa shape index (κ3) is 1.94. The van der Waals surface area contributed by atoms with Gasteiger partial charge in [0.1, 0.15) is 11.9 Å². The lowest BCUT2D eigenvalue weighted by molar-refractivity contribution is 1.10. The van der Waals surface area contributed by atoms with E-state index in [1.165, 1.54) is 0 Å². The molecule has 0 aliphatic rings. The third-order valence-electron chi connectivity index (χ3n) is 3.24. The van der Waals surface area contributed by atoms with Crippen molar-refractivity contribution < 1.29 is 0 Å². The Morgan fingerprint density at radius 1 is 0.900 bits per heavy atom. The zero-order valence-corrected chi connectivity index (χ0v) is 10.8. The number of hydrogen-bond donors (Lipinski definition) is 1. The molecule has 2 aromatic carbocycles. The van der Waals surface area contributed by atoms with Crippen molar-refractivity contribution in [2.45, 2.75) is 0 Å². The van der Waals surface area contributed by atoms with Crippen LogP contribution >= 0.6 is 0 Å². The van der Waals surface area contributed by atoms with E-state index in [1.807, 2.05) is 71.3 Å². The van der Waals surface area contributed by atoms with Gasteiger partial charge in [0.25, 0.3) is 0 Å². The van der Waals surface area contributed by atoms with Gasteiger partial charge in [0.05, 0.1) is 11.3 Å². The Morgan fingerprint density at radius 3 is 2.10 bits per heavy atom. The van der Waals surface area contributed by atoms with Gasteiger partial charge in [-0.25, -0.2) is 0 Å². The molecule has 0 atom stereocenters. The summed E-state index contributed by atoms with van der Waals surface area (Å²) in [5, 5.41) is 9.21. The molecule has 0 aliphatic heterocycles. The number of para-hydroxylation sites is 1. The molecule has 1 aromatic heterocycles. The molecular weight excluding hydrogens is 246 g/mol. The van der Waals surface area contributed by atoms with Gasteiger partial charge >= 0.3 is 0 Å². The third-order valence-corrected chi connectivity index (χ3v) is 3.24. The fraction of sp³-hybridized carbons (Fsp3) is 0. The lowest BCUT2D eigenvalue weighted by Crippen LogP contribution is -2.02. The van der Waals surface area contributed by atoms with E-state index >= 15 is 0 Å². The average Bonchev–Trinajstić information content (AvgIpc) is 2.86. The number of hydrogen-bond acceptors (Lipinski definition) is 2. The zero-order valence-electron chi connectivity index (χ0n) is 10.8. The van der Waals surface area contributed by atoms with Crippen molar-refractivity contribution in [3.8, 4) is 23.0 Å². The van der Waals surface area contributed by atoms with Crippen molar-refractivity contribution in [1.82, 2.24) is 4.57 Å². The fourth-order valence-corrected chi connectivity index (χ4v) is 2.29. The van der Waals surface area contributed by atoms with Crippen LogP contribution in [0.3, 0.4) is 0 Å². The number of nitrogens with two attached hydrogens (primary N) is 1. The van der Waals surface area contributed by atoms with Crippen LogP contribution in [-0.2, 0) is 0 Å². The van der Waals surface area contributed by atoms with Gasteiger partial charge in [-0.3, -0.25) is 4.57 Å². The van der Waals surface area contributed by atoms with Crippen molar-refractivity contribution in [1.29, 1.82) is 5.26 Å². The van der Waals surface area contributed by atoms with Gasteiger partial charge in [-0.2, -0.15) is 5.26 Å². The molecule has 0 saturated heterocycles. The predicted molar refractivity (Wildman–Crippen MR) is 80.3 cm³/mol. The van der Waals surface area contributed by atoms with Crippen LogP contribution in [0, 0.1) is 11.3 Å². The molecular formula is C17H13N3. The van der Waals surface area contributed by atoms with Gasteiger partial charge in [-0.15, -0.1) is 0 Å². The first-order valence-corrected chi connectivity index (χ1v) is 6.33. The number of rotatable bonds is 2. The Labute approximate surface area is 117 Å². The number of nitrogens with zero attached hydrogens (tertiary/aromatic N) is 2. The number of nitrogen functional groups attached to an aromatic ring is 1. The molecule has 0 unspecified atom stereocenters. The van der Waals surface area contributed by atoms with Gasteiger partial charge in [-0.1, -0.05) is 48.5 Å². The molecule has 3 nitrogen and oxygen atoms in total. The van der Waals surface area contributed by atoms with Gasteiger partial charge in [0.15, 0.2) is 0 Å². The molecule has 0 radical (unpaired) electrons. The number of anilines is 1. The average molecular weight is 259 g/mol. The molecule has 96 valence electrons. The number of benzene rings is 2. The van der Waals surface area contributed by atoms with E-state index in [2.05, 4.69) is 6.07 Å². The van der Waals surface area contributed by atoms with E-state index in [-0.39, 0.29) is 0 Å². The molecule has 20 heavy (non-hydrogen) atoms. The summed E-state index contributed by atoms with van der Waals surface area (Å²) in [5.41, 5.74) is 9.52. The number of nitriles is 1. The van der Waals surface area contributed by atoms with E-state index in [4.69, 9.17) is 5.73 Å². The SMILES string of the molecule is N#Cc1cc(-c2ccccc2)n(-c2ccccc2)c1N. The molecule has 0 aliphatic carbocycles. The lowest BCUT2D eigenvalue weighted by atomic mass is 10.1. The van der Waals surface area contributed by atoms with Gasteiger partial charge in [0.2, 0.25) is 0 Å². The molecule has 0 fully saturated rings. The van der Waals surface area contributed by atoms with E-state index < -0.39 is 0 Å². The Hall–Kier alpha value is -2.99. The lowest BCUT2D eigenvalue weighted by Gasteiger charge is -2.11. The van der Waals surface area contributed by atoms with Crippen molar-refractivity contribution in [2.75, 3.05) is 5.73 Å². The van der Waals surface area contributed by atoms with E-state index in [1.54, 1.807) is 0 Å². The quantitative estimate of drug-likeness (QED) is 0.764. The Morgan fingerprint density at radius 2 is 1.50 bits per heavy atom. The predicted octanol–water partition coefficient (Wildman–Crippen LogP) is 3.60. The van der Waals surface area contributed by atoms with Crippen molar-refractivity contribution in [3.05, 3.63) is 72.3 Å². The highest BCUT2D eigenvalue weighted by Gasteiger charge is 2.14. The van der Waals surface area contributed by atoms with Crippen LogP contribution in [-0.4, -0.2) is 4.57 Å². The monoisotopic (exact) mass is 259 g/mol. The van der Waals surface area contributed by atoms with E-state index in [0.717, 1.165) is 16.9 Å². The van der Waals surface area contributed by atoms with Crippen LogP contribution in [0.1, 0.15) is 5.56 Å². The van der Waals surface area contributed by atoms with Crippen molar-refractivity contribution >= 4 is 5.82 Å². The largest absolute Gasteiger partial charge is 0.384 e. The molecule has 3 heteroatoms. The second-order valence-electron chi connectivity index (χ2n) is 4.48. The summed E-state index contributed by atoms with van der Waals surface area (Å²) in [7, 11) is 0. The Bertz CT molecular complexity index is 765. The number of aromatic nitrogens is 1. The van der Waals surface area contributed by atoms with Crippen LogP contribution in [0.15, 0.2) is 66.7 Å². The second kappa shape index (κ2) is 4.94. The molecule has 0 saturated carbocycles. The summed E-state index contributed by atoms with van der Waals surface area (Å²) < 4.78 is 1.91. The summed E-state index contributed by atoms with van der Waals surface area (Å²) in [5.74, 6) is 0.470. The Balaban J connectivity index is 2.28. The van der Waals surface area contributed by atoms with E-state index in [9.17, 15) is 5.26 Å². The van der Waals surface area contributed by atoms with Crippen molar-refractivity contribution in [2.24, 2.45) is 0 Å². The minimum absolute atomic E-state index is 0.470. The van der Waals surface area contributed by atoms with Crippen LogP contribution in [0.5, 0.6) is 0 Å². The van der Waals surface area contributed by atoms with Crippen molar-refractivity contribution in [3.63, 3.8) is 0 Å². The minimum Gasteiger partial charge on any atom is -0.384 e. The topological polar surface area (TPSA) is 54.7 Å². The highest BCUT2D eigenvalue weighted by molar-refractivity contribution is 5.72. The molecule has 0 bridgehead atoms. The first kappa shape index (κ1) is 12.1. The minimum atomic E-state index is 0.470. The molecule has 1 heterocycles. The maximum atomic E-state index is 9.21. The summed E-state index contributed by atoms with van der Waals surface area (Å²) in [6.07, 6.45) is 0. The van der Waals surface area contributed by atoms with E-state index in [0.29, 0.717) is 11.4 Å². The van der Waals surface area contributed by atoms with Crippen LogP contribution in [0.25, 0.3) is 16.9 Å². The first-order chi connectivity index (χ1) is 9.81. The maximum Gasteiger partial charge on any atom is 0.126 e. The van der Waals surface area contributed by atoms with Gasteiger partial charge in [-0.05, 0) is 23.8 Å². The standard InChI is InChI=1S/C17H13N3/c18-12-14-11-16(13-7-3-1-4-8-13)20(17(14)19)15-9-5-2-6-10-15/h1-11H,19H2. The normalized spacial score (nSPS) is 10.2. The first-order valence-electron chi connectivity index (χ1n) is 6.33. The maximum absolute atomic E-state index is 9.21. The zero-order chi connectivity index (χ0) is 13.9. The van der Waals surface area contributed by atoms with Gasteiger partial charge < -0.3 is 5.73 Å². The second-order valence-corrected chi connectivity index (χ2v) is 4.48. The smallest absolute Gasteiger partial charge is 0.126 e. The molecule has 3 aromatic rings. The van der Waals surface area contributed by atoms with Crippen LogP contribution < -0.4 is 5.73 Å².